The number of hydrogen-bond acceptors (Lipinski definition) is 5. The summed E-state index contributed by atoms with van der Waals surface area (Å²) in [6.45, 7) is 1.92. The molecule has 1 amide bonds. The molecule has 3 rings (SSSR count). The number of carbonyl (C=O) groups is 2. The van der Waals surface area contributed by atoms with Gasteiger partial charge in [-0.1, -0.05) is 30.3 Å². The van der Waals surface area contributed by atoms with E-state index in [9.17, 15) is 14.4 Å². The first kappa shape index (κ1) is 16.4. The molecule has 7 heteroatoms. The van der Waals surface area contributed by atoms with E-state index in [0.717, 1.165) is 0 Å². The van der Waals surface area contributed by atoms with Gasteiger partial charge in [-0.2, -0.15) is 4.98 Å². The summed E-state index contributed by atoms with van der Waals surface area (Å²) in [6.07, 6.45) is 0. The number of amides is 1. The molecule has 0 aliphatic rings. The van der Waals surface area contributed by atoms with Crippen LogP contribution in [-0.2, 0) is 4.74 Å². The molecular formula is C18H15N3O4. The number of anilines is 1. The highest BCUT2D eigenvalue weighted by Crippen LogP contribution is 2.19. The zero-order valence-electron chi connectivity index (χ0n) is 13.4. The summed E-state index contributed by atoms with van der Waals surface area (Å²) in [5, 5.41) is 3.14. The van der Waals surface area contributed by atoms with Crippen LogP contribution in [0.4, 0.5) is 5.69 Å². The van der Waals surface area contributed by atoms with Crippen molar-refractivity contribution in [2.75, 3.05) is 11.9 Å². The van der Waals surface area contributed by atoms with Crippen LogP contribution in [0, 0.1) is 0 Å². The molecule has 25 heavy (non-hydrogen) atoms. The zero-order valence-corrected chi connectivity index (χ0v) is 13.4. The zero-order chi connectivity index (χ0) is 17.8. The van der Waals surface area contributed by atoms with Gasteiger partial charge in [-0.05, 0) is 25.1 Å². The number of aromatic amines is 1. The van der Waals surface area contributed by atoms with E-state index in [-0.39, 0.29) is 23.6 Å². The lowest BCUT2D eigenvalue weighted by atomic mass is 10.1. The van der Waals surface area contributed by atoms with Crippen LogP contribution in [0.2, 0.25) is 0 Å². The van der Waals surface area contributed by atoms with Crippen molar-refractivity contribution in [3.63, 3.8) is 0 Å². The van der Waals surface area contributed by atoms with Crippen LogP contribution in [0.5, 0.6) is 0 Å². The summed E-state index contributed by atoms with van der Waals surface area (Å²) in [6, 6.07) is 13.3. The lowest BCUT2D eigenvalue weighted by Gasteiger charge is -2.10. The predicted molar refractivity (Wildman–Crippen MR) is 92.7 cm³/mol. The van der Waals surface area contributed by atoms with E-state index in [1.165, 1.54) is 0 Å². The average Bonchev–Trinajstić information content (AvgIpc) is 2.61. The van der Waals surface area contributed by atoms with E-state index in [2.05, 4.69) is 15.3 Å². The van der Waals surface area contributed by atoms with Gasteiger partial charge in [0.2, 0.25) is 0 Å². The molecule has 126 valence electrons. The highest BCUT2D eigenvalue weighted by Gasteiger charge is 2.18. The Morgan fingerprint density at radius 3 is 2.64 bits per heavy atom. The molecule has 0 unspecified atom stereocenters. The van der Waals surface area contributed by atoms with E-state index in [4.69, 9.17) is 4.74 Å². The molecule has 3 aromatic rings. The topological polar surface area (TPSA) is 101 Å². The molecular weight excluding hydrogens is 322 g/mol. The number of ether oxygens (including phenoxy) is 1. The van der Waals surface area contributed by atoms with Crippen LogP contribution in [0.15, 0.2) is 53.3 Å². The lowest BCUT2D eigenvalue weighted by molar-refractivity contribution is 0.0527. The minimum absolute atomic E-state index is 0.0157. The Hall–Kier alpha value is -3.48. The van der Waals surface area contributed by atoms with Crippen LogP contribution in [-0.4, -0.2) is 28.5 Å². The Morgan fingerprint density at radius 2 is 1.84 bits per heavy atom. The quantitative estimate of drug-likeness (QED) is 0.712. The SMILES string of the molecule is CCOC(=O)c1ccccc1NC(=O)c1nc(=O)[nH]c2ccccc12. The summed E-state index contributed by atoms with van der Waals surface area (Å²) in [4.78, 5) is 42.7. The third-order valence-electron chi connectivity index (χ3n) is 3.52. The molecule has 0 spiro atoms. The number of carbonyl (C=O) groups excluding carboxylic acids is 2. The van der Waals surface area contributed by atoms with Gasteiger partial charge in [0.05, 0.1) is 23.4 Å². The predicted octanol–water partition coefficient (Wildman–Crippen LogP) is 2.35. The highest BCUT2D eigenvalue weighted by atomic mass is 16.5. The van der Waals surface area contributed by atoms with Gasteiger partial charge in [0.25, 0.3) is 5.91 Å². The van der Waals surface area contributed by atoms with Crippen molar-refractivity contribution in [2.45, 2.75) is 6.92 Å². The Kier molecular flexibility index (Phi) is 4.56. The monoisotopic (exact) mass is 337 g/mol. The number of fused-ring (bicyclic) bond motifs is 1. The maximum Gasteiger partial charge on any atom is 0.346 e. The second-order valence-corrected chi connectivity index (χ2v) is 5.16. The molecule has 1 heterocycles. The minimum atomic E-state index is -0.623. The number of esters is 1. The fourth-order valence-corrected chi connectivity index (χ4v) is 2.44. The summed E-state index contributed by atoms with van der Waals surface area (Å²) in [5.41, 5.74) is 0.385. The molecule has 0 fully saturated rings. The smallest absolute Gasteiger partial charge is 0.346 e. The van der Waals surface area contributed by atoms with Gasteiger partial charge < -0.3 is 15.0 Å². The molecule has 1 aromatic heterocycles. The van der Waals surface area contributed by atoms with Crippen molar-refractivity contribution < 1.29 is 14.3 Å². The maximum absolute atomic E-state index is 12.6. The first-order valence-corrected chi connectivity index (χ1v) is 7.66. The number of benzene rings is 2. The molecule has 0 bridgehead atoms. The van der Waals surface area contributed by atoms with Crippen LogP contribution >= 0.6 is 0 Å². The second-order valence-electron chi connectivity index (χ2n) is 5.16. The van der Waals surface area contributed by atoms with Crippen LogP contribution in [0.1, 0.15) is 27.8 Å². The number of aromatic nitrogens is 2. The van der Waals surface area contributed by atoms with Gasteiger partial charge in [0, 0.05) is 5.39 Å². The number of rotatable bonds is 4. The summed E-state index contributed by atoms with van der Waals surface area (Å²) >= 11 is 0. The third kappa shape index (κ3) is 3.40. The van der Waals surface area contributed by atoms with Gasteiger partial charge in [0.15, 0.2) is 0 Å². The fraction of sp³-hybridized carbons (Fsp3) is 0.111. The van der Waals surface area contributed by atoms with E-state index in [0.29, 0.717) is 10.9 Å². The Labute approximate surface area is 142 Å². The van der Waals surface area contributed by atoms with Gasteiger partial charge in [-0.15, -0.1) is 0 Å². The Bertz CT molecular complexity index is 1010. The molecule has 2 N–H and O–H groups in total. The number of nitrogens with zero attached hydrogens (tertiary/aromatic N) is 1. The van der Waals surface area contributed by atoms with E-state index in [1.54, 1.807) is 55.5 Å². The Morgan fingerprint density at radius 1 is 1.12 bits per heavy atom. The van der Waals surface area contributed by atoms with Crippen molar-refractivity contribution >= 4 is 28.5 Å². The van der Waals surface area contributed by atoms with E-state index in [1.807, 2.05) is 0 Å². The summed E-state index contributed by atoms with van der Waals surface area (Å²) < 4.78 is 4.98. The second kappa shape index (κ2) is 6.96. The lowest BCUT2D eigenvalue weighted by Crippen LogP contribution is -2.22. The molecule has 2 aromatic carbocycles. The molecule has 0 saturated heterocycles. The first-order valence-electron chi connectivity index (χ1n) is 7.66. The van der Waals surface area contributed by atoms with Crippen LogP contribution in [0.3, 0.4) is 0 Å². The first-order chi connectivity index (χ1) is 12.1. The van der Waals surface area contributed by atoms with Crippen molar-refractivity contribution in [3.8, 4) is 0 Å². The Balaban J connectivity index is 1.99. The van der Waals surface area contributed by atoms with Gasteiger partial charge >= 0.3 is 11.7 Å². The fourth-order valence-electron chi connectivity index (χ4n) is 2.44. The third-order valence-corrected chi connectivity index (χ3v) is 3.52. The number of para-hydroxylation sites is 2. The minimum Gasteiger partial charge on any atom is -0.462 e. The molecule has 0 atom stereocenters. The number of H-pyrrole nitrogens is 1. The van der Waals surface area contributed by atoms with E-state index >= 15 is 0 Å². The normalized spacial score (nSPS) is 10.4. The molecule has 0 radical (unpaired) electrons. The number of nitrogens with one attached hydrogen (secondary N) is 2. The van der Waals surface area contributed by atoms with E-state index < -0.39 is 17.6 Å². The molecule has 7 nitrogen and oxygen atoms in total. The average molecular weight is 337 g/mol. The van der Waals surface area contributed by atoms with Crippen LogP contribution < -0.4 is 11.0 Å². The van der Waals surface area contributed by atoms with Crippen molar-refractivity contribution in [2.24, 2.45) is 0 Å². The number of hydrogen-bond donors (Lipinski definition) is 2. The largest absolute Gasteiger partial charge is 0.462 e. The summed E-state index contributed by atoms with van der Waals surface area (Å²) in [7, 11) is 0. The molecule has 0 saturated carbocycles. The van der Waals surface area contributed by atoms with Gasteiger partial charge in [-0.3, -0.25) is 4.79 Å². The van der Waals surface area contributed by atoms with Crippen molar-refractivity contribution in [1.29, 1.82) is 0 Å². The molecule has 0 aliphatic carbocycles. The van der Waals surface area contributed by atoms with Gasteiger partial charge in [0.1, 0.15) is 5.69 Å². The summed E-state index contributed by atoms with van der Waals surface area (Å²) in [5.74, 6) is -1.12. The van der Waals surface area contributed by atoms with Crippen LogP contribution in [0.25, 0.3) is 10.9 Å². The standard InChI is InChI=1S/C18H15N3O4/c1-2-25-17(23)12-8-4-6-10-14(12)19-16(22)15-11-7-3-5-9-13(11)20-18(24)21-15/h3-10H,2H2,1H3,(H,19,22)(H,20,21,24). The van der Waals surface area contributed by atoms with Crippen molar-refractivity contribution in [1.82, 2.24) is 9.97 Å². The van der Waals surface area contributed by atoms with Crippen molar-refractivity contribution in [3.05, 3.63) is 70.3 Å². The highest BCUT2D eigenvalue weighted by molar-refractivity contribution is 6.12. The molecule has 0 aliphatic heterocycles. The van der Waals surface area contributed by atoms with Gasteiger partial charge in [-0.25, -0.2) is 9.59 Å². The maximum atomic E-state index is 12.6.